The van der Waals surface area contributed by atoms with E-state index in [0.717, 1.165) is 25.7 Å². The third-order valence-electron chi connectivity index (χ3n) is 3.52. The average Bonchev–Trinajstić information content (AvgIpc) is 3.07. The summed E-state index contributed by atoms with van der Waals surface area (Å²) in [5.41, 5.74) is 0. The Morgan fingerprint density at radius 3 is 2.50 bits per heavy atom. The number of nitrogens with zero attached hydrogens (tertiary/aromatic N) is 1. The minimum Gasteiger partial charge on any atom is -0.342 e. The van der Waals surface area contributed by atoms with Gasteiger partial charge >= 0.3 is 0 Å². The molecule has 1 aliphatic carbocycles. The van der Waals surface area contributed by atoms with Gasteiger partial charge in [0.1, 0.15) is 12.1 Å². The summed E-state index contributed by atoms with van der Waals surface area (Å²) in [5.74, 6) is 0.566. The standard InChI is InChI=1S/C12H20N2O2/c1-3-5-9-11(15)13-10(8-6-7-8)12(16)14(9)4-2/h8-10H,3-7H2,1-2H3,(H,13,15). The Bertz CT molecular complexity index is 299. The minimum atomic E-state index is -0.238. The summed E-state index contributed by atoms with van der Waals surface area (Å²) in [7, 11) is 0. The topological polar surface area (TPSA) is 49.4 Å². The average molecular weight is 224 g/mol. The largest absolute Gasteiger partial charge is 0.342 e. The molecule has 2 rings (SSSR count). The van der Waals surface area contributed by atoms with Gasteiger partial charge in [0.25, 0.3) is 0 Å². The maximum absolute atomic E-state index is 12.2. The van der Waals surface area contributed by atoms with Crippen LogP contribution >= 0.6 is 0 Å². The Labute approximate surface area is 96.4 Å². The number of amides is 2. The molecule has 0 aromatic carbocycles. The highest BCUT2D eigenvalue weighted by atomic mass is 16.2. The summed E-state index contributed by atoms with van der Waals surface area (Å²) in [6.45, 7) is 4.63. The van der Waals surface area contributed by atoms with Crippen LogP contribution in [-0.2, 0) is 9.59 Å². The molecule has 2 unspecified atom stereocenters. The van der Waals surface area contributed by atoms with Crippen LogP contribution in [-0.4, -0.2) is 35.3 Å². The fourth-order valence-corrected chi connectivity index (χ4v) is 2.47. The molecule has 1 aliphatic heterocycles. The molecule has 90 valence electrons. The quantitative estimate of drug-likeness (QED) is 0.771. The predicted octanol–water partition coefficient (Wildman–Crippen LogP) is 0.912. The minimum absolute atomic E-state index is 0.0419. The summed E-state index contributed by atoms with van der Waals surface area (Å²) in [6, 6.07) is -0.474. The highest BCUT2D eigenvalue weighted by molar-refractivity contribution is 5.97. The molecule has 0 bridgehead atoms. The van der Waals surface area contributed by atoms with Gasteiger partial charge in [-0.3, -0.25) is 9.59 Å². The van der Waals surface area contributed by atoms with Gasteiger partial charge in [0.2, 0.25) is 11.8 Å². The van der Waals surface area contributed by atoms with Crippen molar-refractivity contribution in [3.8, 4) is 0 Å². The lowest BCUT2D eigenvalue weighted by Gasteiger charge is -2.38. The van der Waals surface area contributed by atoms with Crippen LogP contribution in [0, 0.1) is 5.92 Å². The molecule has 2 aliphatic rings. The first-order valence-corrected chi connectivity index (χ1v) is 6.29. The maximum Gasteiger partial charge on any atom is 0.246 e. The number of likely N-dealkylation sites (N-methyl/N-ethyl adjacent to an activating group) is 1. The summed E-state index contributed by atoms with van der Waals surface area (Å²) in [4.78, 5) is 25.9. The Hall–Kier alpha value is -1.06. The van der Waals surface area contributed by atoms with Crippen molar-refractivity contribution >= 4 is 11.8 Å². The second kappa shape index (κ2) is 4.44. The molecule has 4 nitrogen and oxygen atoms in total. The van der Waals surface area contributed by atoms with Gasteiger partial charge in [0.05, 0.1) is 0 Å². The molecule has 0 aromatic rings. The molecule has 16 heavy (non-hydrogen) atoms. The number of hydrogen-bond acceptors (Lipinski definition) is 2. The van der Waals surface area contributed by atoms with Crippen LogP contribution in [0.2, 0.25) is 0 Å². The second-order valence-electron chi connectivity index (χ2n) is 4.75. The molecule has 0 spiro atoms. The van der Waals surface area contributed by atoms with Crippen LogP contribution in [0.3, 0.4) is 0 Å². The molecule has 1 saturated heterocycles. The zero-order chi connectivity index (χ0) is 11.7. The van der Waals surface area contributed by atoms with E-state index < -0.39 is 0 Å². The number of carbonyl (C=O) groups excluding carboxylic acids is 2. The van der Waals surface area contributed by atoms with Crippen molar-refractivity contribution in [2.75, 3.05) is 6.54 Å². The maximum atomic E-state index is 12.2. The van der Waals surface area contributed by atoms with Crippen LogP contribution in [0.4, 0.5) is 0 Å². The molecular weight excluding hydrogens is 204 g/mol. The van der Waals surface area contributed by atoms with Crippen LogP contribution in [0.15, 0.2) is 0 Å². The van der Waals surface area contributed by atoms with Gasteiger partial charge in [-0.1, -0.05) is 13.3 Å². The van der Waals surface area contributed by atoms with Crippen LogP contribution in [0.5, 0.6) is 0 Å². The lowest BCUT2D eigenvalue weighted by Crippen LogP contribution is -2.63. The molecule has 1 heterocycles. The van der Waals surface area contributed by atoms with E-state index in [1.165, 1.54) is 0 Å². The third-order valence-corrected chi connectivity index (χ3v) is 3.52. The van der Waals surface area contributed by atoms with Crippen molar-refractivity contribution in [2.24, 2.45) is 5.92 Å². The Morgan fingerprint density at radius 2 is 2.00 bits per heavy atom. The van der Waals surface area contributed by atoms with E-state index in [2.05, 4.69) is 5.32 Å². The number of nitrogens with one attached hydrogen (secondary N) is 1. The van der Waals surface area contributed by atoms with E-state index in [1.807, 2.05) is 13.8 Å². The Balaban J connectivity index is 2.12. The van der Waals surface area contributed by atoms with Crippen molar-refractivity contribution in [3.63, 3.8) is 0 Å². The summed E-state index contributed by atoms with van der Waals surface area (Å²) in [5, 5.41) is 2.90. The number of hydrogen-bond donors (Lipinski definition) is 1. The lowest BCUT2D eigenvalue weighted by atomic mass is 10.0. The molecule has 1 saturated carbocycles. The van der Waals surface area contributed by atoms with Crippen molar-refractivity contribution in [2.45, 2.75) is 51.6 Å². The van der Waals surface area contributed by atoms with E-state index in [1.54, 1.807) is 4.90 Å². The van der Waals surface area contributed by atoms with E-state index >= 15 is 0 Å². The van der Waals surface area contributed by atoms with Gasteiger partial charge in [-0.2, -0.15) is 0 Å². The van der Waals surface area contributed by atoms with Crippen LogP contribution in [0.25, 0.3) is 0 Å². The fourth-order valence-electron chi connectivity index (χ4n) is 2.47. The summed E-state index contributed by atoms with van der Waals surface area (Å²) >= 11 is 0. The van der Waals surface area contributed by atoms with Gasteiger partial charge < -0.3 is 10.2 Å². The summed E-state index contributed by atoms with van der Waals surface area (Å²) in [6.07, 6.45) is 3.85. The lowest BCUT2D eigenvalue weighted by molar-refractivity contribution is -0.150. The van der Waals surface area contributed by atoms with E-state index in [0.29, 0.717) is 12.5 Å². The van der Waals surface area contributed by atoms with Crippen molar-refractivity contribution in [1.29, 1.82) is 0 Å². The fraction of sp³-hybridized carbons (Fsp3) is 0.833. The Kier molecular flexibility index (Phi) is 3.17. The molecule has 4 heteroatoms. The van der Waals surface area contributed by atoms with Gasteiger partial charge in [-0.05, 0) is 32.1 Å². The van der Waals surface area contributed by atoms with Gasteiger partial charge in [0, 0.05) is 6.54 Å². The molecule has 0 radical (unpaired) electrons. The molecule has 2 amide bonds. The van der Waals surface area contributed by atoms with Gasteiger partial charge in [-0.25, -0.2) is 0 Å². The third kappa shape index (κ3) is 1.93. The predicted molar refractivity (Wildman–Crippen MR) is 60.7 cm³/mol. The Morgan fingerprint density at radius 1 is 1.31 bits per heavy atom. The molecule has 0 aromatic heterocycles. The highest BCUT2D eigenvalue weighted by Crippen LogP contribution is 2.35. The first kappa shape index (κ1) is 11.4. The van der Waals surface area contributed by atoms with Gasteiger partial charge in [-0.15, -0.1) is 0 Å². The second-order valence-corrected chi connectivity index (χ2v) is 4.75. The zero-order valence-corrected chi connectivity index (χ0v) is 10.0. The highest BCUT2D eigenvalue weighted by Gasteiger charge is 2.45. The van der Waals surface area contributed by atoms with E-state index in [9.17, 15) is 9.59 Å². The SMILES string of the molecule is CCCC1C(=O)NC(C2CC2)C(=O)N1CC. The van der Waals surface area contributed by atoms with Gasteiger partial charge in [0.15, 0.2) is 0 Å². The van der Waals surface area contributed by atoms with E-state index in [4.69, 9.17) is 0 Å². The summed E-state index contributed by atoms with van der Waals surface area (Å²) < 4.78 is 0. The number of rotatable bonds is 4. The van der Waals surface area contributed by atoms with E-state index in [-0.39, 0.29) is 23.9 Å². The zero-order valence-electron chi connectivity index (χ0n) is 10.0. The van der Waals surface area contributed by atoms with Crippen molar-refractivity contribution in [1.82, 2.24) is 10.2 Å². The number of piperazine rings is 1. The first-order valence-electron chi connectivity index (χ1n) is 6.29. The molecule has 2 atom stereocenters. The molecular formula is C12H20N2O2. The van der Waals surface area contributed by atoms with Crippen molar-refractivity contribution in [3.05, 3.63) is 0 Å². The monoisotopic (exact) mass is 224 g/mol. The normalized spacial score (nSPS) is 30.5. The van der Waals surface area contributed by atoms with Crippen LogP contribution < -0.4 is 5.32 Å². The first-order chi connectivity index (χ1) is 7.69. The van der Waals surface area contributed by atoms with Crippen LogP contribution in [0.1, 0.15) is 39.5 Å². The smallest absolute Gasteiger partial charge is 0.246 e. The number of carbonyl (C=O) groups is 2. The molecule has 2 fully saturated rings. The molecule has 1 N–H and O–H groups in total. The van der Waals surface area contributed by atoms with Crippen molar-refractivity contribution < 1.29 is 9.59 Å².